The SMILES string of the molecule is CCCCN(CCCC)C(=O)c1cc(C)n(-c2ccc(-c3c(C)noc3C)cc2C(=O)N2Cc3ccccc3C[C@H]2CO)n1. The molecule has 1 aliphatic heterocycles. The second-order valence-corrected chi connectivity index (χ2v) is 11.8. The molecule has 232 valence electrons. The van der Waals surface area contributed by atoms with Crippen LogP contribution in [0.5, 0.6) is 0 Å². The molecule has 0 unspecified atom stereocenters. The molecule has 4 aromatic rings. The highest BCUT2D eigenvalue weighted by molar-refractivity contribution is 6.00. The summed E-state index contributed by atoms with van der Waals surface area (Å²) in [6.07, 6.45) is 4.44. The minimum Gasteiger partial charge on any atom is -0.394 e. The van der Waals surface area contributed by atoms with Crippen LogP contribution in [0.2, 0.25) is 0 Å². The standard InChI is InChI=1S/C35H43N5O4/c1-6-8-16-38(17-9-7-2)35(43)31-18-23(3)40(36-31)32-15-14-27(33-24(4)37-44-25(33)5)20-30(32)34(42)39-21-28-13-11-10-12-26(28)19-29(39)22-41/h10-15,18,20,29,41H,6-9,16-17,19,21-22H2,1-5H3/t29-/m0/s1. The van der Waals surface area contributed by atoms with E-state index in [1.165, 1.54) is 0 Å². The van der Waals surface area contributed by atoms with Gasteiger partial charge >= 0.3 is 0 Å². The number of hydrogen-bond donors (Lipinski definition) is 1. The zero-order valence-corrected chi connectivity index (χ0v) is 26.5. The fourth-order valence-electron chi connectivity index (χ4n) is 6.08. The quantitative estimate of drug-likeness (QED) is 0.226. The van der Waals surface area contributed by atoms with Gasteiger partial charge < -0.3 is 19.4 Å². The van der Waals surface area contributed by atoms with Gasteiger partial charge in [0.25, 0.3) is 11.8 Å². The molecule has 1 atom stereocenters. The van der Waals surface area contributed by atoms with Crippen molar-refractivity contribution in [3.8, 4) is 16.8 Å². The summed E-state index contributed by atoms with van der Waals surface area (Å²) in [6, 6.07) is 15.2. The maximum Gasteiger partial charge on any atom is 0.274 e. The van der Waals surface area contributed by atoms with Crippen LogP contribution in [0.15, 0.2) is 53.1 Å². The second-order valence-electron chi connectivity index (χ2n) is 11.8. The van der Waals surface area contributed by atoms with Gasteiger partial charge in [0.05, 0.1) is 29.6 Å². The maximum atomic E-state index is 14.5. The first kappa shape index (κ1) is 31.2. The lowest BCUT2D eigenvalue weighted by Crippen LogP contribution is -2.46. The summed E-state index contributed by atoms with van der Waals surface area (Å²) in [7, 11) is 0. The largest absolute Gasteiger partial charge is 0.394 e. The van der Waals surface area contributed by atoms with E-state index in [1.54, 1.807) is 15.6 Å². The second kappa shape index (κ2) is 13.6. The summed E-state index contributed by atoms with van der Waals surface area (Å²) in [6.45, 7) is 11.5. The highest BCUT2D eigenvalue weighted by Gasteiger charge is 2.32. The lowest BCUT2D eigenvalue weighted by atomic mass is 9.93. The zero-order chi connectivity index (χ0) is 31.4. The summed E-state index contributed by atoms with van der Waals surface area (Å²) >= 11 is 0. The number of nitrogens with zero attached hydrogens (tertiary/aromatic N) is 5. The Kier molecular flexibility index (Phi) is 9.64. The Morgan fingerprint density at radius 3 is 2.34 bits per heavy atom. The van der Waals surface area contributed by atoms with Crippen molar-refractivity contribution in [1.29, 1.82) is 0 Å². The van der Waals surface area contributed by atoms with E-state index in [2.05, 4.69) is 25.1 Å². The Balaban J connectivity index is 1.59. The molecular weight excluding hydrogens is 554 g/mol. The molecule has 1 aliphatic rings. The molecule has 0 saturated heterocycles. The molecular formula is C35H43N5O4. The van der Waals surface area contributed by atoms with Gasteiger partial charge in [-0.3, -0.25) is 9.59 Å². The van der Waals surface area contributed by atoms with E-state index in [9.17, 15) is 14.7 Å². The summed E-state index contributed by atoms with van der Waals surface area (Å²) < 4.78 is 7.14. The van der Waals surface area contributed by atoms with Crippen molar-refractivity contribution >= 4 is 11.8 Å². The Morgan fingerprint density at radius 1 is 1.00 bits per heavy atom. The van der Waals surface area contributed by atoms with Gasteiger partial charge in [-0.05, 0) is 74.9 Å². The molecule has 0 radical (unpaired) electrons. The molecule has 2 aromatic carbocycles. The van der Waals surface area contributed by atoms with Crippen molar-refractivity contribution in [1.82, 2.24) is 24.7 Å². The maximum absolute atomic E-state index is 14.5. The number of aliphatic hydroxyl groups is 1. The first-order valence-corrected chi connectivity index (χ1v) is 15.7. The van der Waals surface area contributed by atoms with Crippen molar-refractivity contribution in [2.24, 2.45) is 0 Å². The zero-order valence-electron chi connectivity index (χ0n) is 26.5. The van der Waals surface area contributed by atoms with Gasteiger partial charge in [-0.2, -0.15) is 5.10 Å². The number of amides is 2. The molecule has 2 amide bonds. The van der Waals surface area contributed by atoms with Gasteiger partial charge in [0.15, 0.2) is 5.69 Å². The predicted octanol–water partition coefficient (Wildman–Crippen LogP) is 6.05. The number of rotatable bonds is 11. The summed E-state index contributed by atoms with van der Waals surface area (Å²) in [5, 5.41) is 19.3. The summed E-state index contributed by atoms with van der Waals surface area (Å²) in [5.74, 6) is 0.357. The molecule has 9 nitrogen and oxygen atoms in total. The predicted molar refractivity (Wildman–Crippen MR) is 170 cm³/mol. The fraction of sp³-hybridized carbons (Fsp3) is 0.429. The van der Waals surface area contributed by atoms with Crippen LogP contribution in [-0.2, 0) is 13.0 Å². The van der Waals surface area contributed by atoms with E-state index in [0.29, 0.717) is 48.8 Å². The number of benzene rings is 2. The molecule has 0 aliphatic carbocycles. The van der Waals surface area contributed by atoms with E-state index in [4.69, 9.17) is 9.62 Å². The van der Waals surface area contributed by atoms with Gasteiger partial charge in [0.1, 0.15) is 5.76 Å². The third kappa shape index (κ3) is 6.19. The third-order valence-electron chi connectivity index (χ3n) is 8.56. The van der Waals surface area contributed by atoms with E-state index in [0.717, 1.165) is 59.3 Å². The van der Waals surface area contributed by atoms with E-state index < -0.39 is 0 Å². The molecule has 9 heteroatoms. The number of aryl methyl sites for hydroxylation is 3. The average molecular weight is 598 g/mol. The Hall–Kier alpha value is -4.24. The Bertz CT molecular complexity index is 1610. The van der Waals surface area contributed by atoms with Crippen LogP contribution < -0.4 is 0 Å². The number of hydrogen-bond acceptors (Lipinski definition) is 6. The molecule has 0 bridgehead atoms. The van der Waals surface area contributed by atoms with Gasteiger partial charge in [-0.25, -0.2) is 4.68 Å². The molecule has 0 fully saturated rings. The molecule has 5 rings (SSSR count). The third-order valence-corrected chi connectivity index (χ3v) is 8.56. The monoisotopic (exact) mass is 597 g/mol. The topological polar surface area (TPSA) is 105 Å². The van der Waals surface area contributed by atoms with Crippen molar-refractivity contribution in [3.05, 3.63) is 88.1 Å². The number of fused-ring (bicyclic) bond motifs is 1. The highest BCUT2D eigenvalue weighted by atomic mass is 16.5. The normalized spacial score (nSPS) is 14.5. The van der Waals surface area contributed by atoms with Crippen LogP contribution in [0.1, 0.15) is 88.7 Å². The van der Waals surface area contributed by atoms with E-state index in [1.807, 2.05) is 62.1 Å². The molecule has 3 heterocycles. The van der Waals surface area contributed by atoms with Gasteiger partial charge in [-0.1, -0.05) is 62.2 Å². The average Bonchev–Trinajstić information content (AvgIpc) is 3.59. The van der Waals surface area contributed by atoms with Gasteiger partial charge in [0, 0.05) is 30.9 Å². The minimum absolute atomic E-state index is 0.0954. The number of aromatic nitrogens is 3. The van der Waals surface area contributed by atoms with Crippen molar-refractivity contribution in [3.63, 3.8) is 0 Å². The van der Waals surface area contributed by atoms with E-state index in [-0.39, 0.29) is 24.5 Å². The smallest absolute Gasteiger partial charge is 0.274 e. The first-order chi connectivity index (χ1) is 21.3. The van der Waals surface area contributed by atoms with E-state index >= 15 is 0 Å². The van der Waals surface area contributed by atoms with Crippen molar-refractivity contribution < 1.29 is 19.2 Å². The fourth-order valence-corrected chi connectivity index (χ4v) is 6.08. The molecule has 2 aromatic heterocycles. The van der Waals surface area contributed by atoms with Gasteiger partial charge in [-0.15, -0.1) is 0 Å². The van der Waals surface area contributed by atoms with Crippen LogP contribution in [0, 0.1) is 20.8 Å². The van der Waals surface area contributed by atoms with Gasteiger partial charge in [0.2, 0.25) is 0 Å². The molecule has 0 spiro atoms. The van der Waals surface area contributed by atoms with Crippen molar-refractivity contribution in [2.75, 3.05) is 19.7 Å². The highest BCUT2D eigenvalue weighted by Crippen LogP contribution is 2.33. The molecule has 0 saturated carbocycles. The lowest BCUT2D eigenvalue weighted by molar-refractivity contribution is 0.0544. The number of aliphatic hydroxyl groups excluding tert-OH is 1. The van der Waals surface area contributed by atoms with Crippen LogP contribution in [0.4, 0.5) is 0 Å². The number of carbonyl (C=O) groups is 2. The minimum atomic E-state index is -0.366. The van der Waals surface area contributed by atoms with Crippen LogP contribution in [-0.4, -0.2) is 67.4 Å². The summed E-state index contributed by atoms with van der Waals surface area (Å²) in [4.78, 5) is 31.8. The molecule has 44 heavy (non-hydrogen) atoms. The lowest BCUT2D eigenvalue weighted by Gasteiger charge is -2.36. The number of unbranched alkanes of at least 4 members (excludes halogenated alkanes) is 2. The number of carbonyl (C=O) groups excluding carboxylic acids is 2. The van der Waals surface area contributed by atoms with Crippen LogP contribution in [0.3, 0.4) is 0 Å². The molecule has 1 N–H and O–H groups in total. The Labute approximate surface area is 259 Å². The Morgan fingerprint density at radius 2 is 1.70 bits per heavy atom. The van der Waals surface area contributed by atoms with Crippen LogP contribution in [0.25, 0.3) is 16.8 Å². The van der Waals surface area contributed by atoms with Crippen LogP contribution >= 0.6 is 0 Å². The van der Waals surface area contributed by atoms with Crippen molar-refractivity contribution in [2.45, 2.75) is 79.3 Å². The summed E-state index contributed by atoms with van der Waals surface area (Å²) in [5.41, 5.74) is 6.70. The first-order valence-electron chi connectivity index (χ1n) is 15.7.